The monoisotopic (exact) mass is 268 g/mol. The Bertz CT molecular complexity index is 482. The van der Waals surface area contributed by atoms with Crippen molar-refractivity contribution in [1.82, 2.24) is 4.98 Å². The summed E-state index contributed by atoms with van der Waals surface area (Å²) in [6.45, 7) is 1.54. The summed E-state index contributed by atoms with van der Waals surface area (Å²) in [5.41, 5.74) is 0.0977. The van der Waals surface area contributed by atoms with E-state index in [-0.39, 0.29) is 22.8 Å². The van der Waals surface area contributed by atoms with E-state index in [2.05, 4.69) is 9.88 Å². The number of anilines is 1. The number of carboxylic acid groups (broad SMARTS) is 1. The third-order valence-corrected chi connectivity index (χ3v) is 3.74. The minimum atomic E-state index is -1.03. The van der Waals surface area contributed by atoms with E-state index in [1.54, 1.807) is 0 Å². The normalized spacial score (nSPS) is 26.4. The fourth-order valence-corrected chi connectivity index (χ4v) is 2.75. The zero-order valence-electron chi connectivity index (χ0n) is 9.67. The van der Waals surface area contributed by atoms with E-state index in [0.29, 0.717) is 5.82 Å². The number of morpholine rings is 1. The van der Waals surface area contributed by atoms with Gasteiger partial charge in [-0.05, 0) is 18.9 Å². The lowest BCUT2D eigenvalue weighted by atomic mass is 10.2. The molecule has 2 bridgehead atoms. The largest absolute Gasteiger partial charge is 0.478 e. The number of aromatic carboxylic acids is 1. The first-order valence-corrected chi connectivity index (χ1v) is 6.30. The molecule has 1 aromatic heterocycles. The fourth-order valence-electron chi connectivity index (χ4n) is 2.57. The van der Waals surface area contributed by atoms with Gasteiger partial charge < -0.3 is 14.7 Å². The van der Waals surface area contributed by atoms with Gasteiger partial charge in [-0.15, -0.1) is 0 Å². The number of hydrogen-bond acceptors (Lipinski definition) is 4. The van der Waals surface area contributed by atoms with E-state index in [1.807, 2.05) is 0 Å². The van der Waals surface area contributed by atoms with Crippen LogP contribution in [0.25, 0.3) is 0 Å². The van der Waals surface area contributed by atoms with Crippen molar-refractivity contribution in [2.24, 2.45) is 0 Å². The fraction of sp³-hybridized carbons (Fsp3) is 0.500. The summed E-state index contributed by atoms with van der Waals surface area (Å²) in [4.78, 5) is 17.3. The highest BCUT2D eigenvalue weighted by Crippen LogP contribution is 2.30. The Labute approximate surface area is 109 Å². The van der Waals surface area contributed by atoms with Crippen LogP contribution < -0.4 is 4.90 Å². The summed E-state index contributed by atoms with van der Waals surface area (Å²) in [7, 11) is 0. The predicted octanol–water partition coefficient (Wildman–Crippen LogP) is 1.80. The molecule has 0 amide bonds. The Morgan fingerprint density at radius 3 is 2.72 bits per heavy atom. The molecule has 0 aliphatic carbocycles. The number of hydrogen-bond donors (Lipinski definition) is 1. The molecule has 2 atom stereocenters. The number of aromatic nitrogens is 1. The highest BCUT2D eigenvalue weighted by molar-refractivity contribution is 6.33. The quantitative estimate of drug-likeness (QED) is 0.886. The number of ether oxygens (including phenoxy) is 1. The lowest BCUT2D eigenvalue weighted by molar-refractivity contribution is 0.0302. The average molecular weight is 269 g/mol. The SMILES string of the molecule is O=C(O)c1cc(N2CC3CCC(C2)O3)ncc1Cl. The molecule has 6 heteroatoms. The third kappa shape index (κ3) is 2.04. The van der Waals surface area contributed by atoms with E-state index in [0.717, 1.165) is 25.9 Å². The minimum Gasteiger partial charge on any atom is -0.478 e. The van der Waals surface area contributed by atoms with Gasteiger partial charge in [-0.2, -0.15) is 0 Å². The molecule has 1 N–H and O–H groups in total. The summed E-state index contributed by atoms with van der Waals surface area (Å²) in [6, 6.07) is 1.54. The molecule has 1 aromatic rings. The van der Waals surface area contributed by atoms with Crippen LogP contribution in [0.1, 0.15) is 23.2 Å². The first-order valence-electron chi connectivity index (χ1n) is 5.93. The van der Waals surface area contributed by atoms with Gasteiger partial charge in [-0.1, -0.05) is 11.6 Å². The van der Waals surface area contributed by atoms with Crippen LogP contribution >= 0.6 is 11.6 Å². The van der Waals surface area contributed by atoms with Gasteiger partial charge in [0.2, 0.25) is 0 Å². The van der Waals surface area contributed by atoms with E-state index in [1.165, 1.54) is 12.3 Å². The number of rotatable bonds is 2. The van der Waals surface area contributed by atoms with Crippen molar-refractivity contribution in [3.8, 4) is 0 Å². The Morgan fingerprint density at radius 1 is 1.44 bits per heavy atom. The Hall–Kier alpha value is -1.33. The minimum absolute atomic E-state index is 0.0977. The lowest BCUT2D eigenvalue weighted by Gasteiger charge is -2.33. The molecule has 0 aromatic carbocycles. The topological polar surface area (TPSA) is 62.7 Å². The molecule has 2 aliphatic rings. The molecule has 2 aliphatic heterocycles. The number of fused-ring (bicyclic) bond motifs is 2. The van der Waals surface area contributed by atoms with Crippen LogP contribution in [-0.2, 0) is 4.74 Å². The third-order valence-electron chi connectivity index (χ3n) is 3.44. The van der Waals surface area contributed by atoms with E-state index < -0.39 is 5.97 Å². The highest BCUT2D eigenvalue weighted by atomic mass is 35.5. The van der Waals surface area contributed by atoms with E-state index in [4.69, 9.17) is 21.4 Å². The number of halogens is 1. The Kier molecular flexibility index (Phi) is 2.87. The van der Waals surface area contributed by atoms with Crippen LogP contribution in [-0.4, -0.2) is 41.4 Å². The van der Waals surface area contributed by atoms with Crippen molar-refractivity contribution in [2.75, 3.05) is 18.0 Å². The zero-order valence-corrected chi connectivity index (χ0v) is 10.4. The van der Waals surface area contributed by atoms with Crippen LogP contribution in [0.5, 0.6) is 0 Å². The highest BCUT2D eigenvalue weighted by Gasteiger charge is 2.34. The number of pyridine rings is 1. The van der Waals surface area contributed by atoms with Crippen molar-refractivity contribution < 1.29 is 14.6 Å². The van der Waals surface area contributed by atoms with Crippen molar-refractivity contribution in [2.45, 2.75) is 25.0 Å². The molecule has 3 heterocycles. The van der Waals surface area contributed by atoms with Crippen LogP contribution in [0.15, 0.2) is 12.3 Å². The molecule has 2 unspecified atom stereocenters. The molecule has 2 fully saturated rings. The van der Waals surface area contributed by atoms with Crippen molar-refractivity contribution in [1.29, 1.82) is 0 Å². The molecule has 0 spiro atoms. The van der Waals surface area contributed by atoms with Gasteiger partial charge in [0.25, 0.3) is 0 Å². The predicted molar refractivity (Wildman–Crippen MR) is 66.3 cm³/mol. The standard InChI is InChI=1S/C12H13ClN2O3/c13-10-4-14-11(3-9(10)12(16)17)15-5-7-1-2-8(6-15)18-7/h3-4,7-8H,1-2,5-6H2,(H,16,17). The number of carboxylic acids is 1. The molecule has 0 saturated carbocycles. The maximum absolute atomic E-state index is 11.0. The second-order valence-corrected chi connectivity index (χ2v) is 5.10. The Morgan fingerprint density at radius 2 is 2.11 bits per heavy atom. The summed E-state index contributed by atoms with van der Waals surface area (Å²) >= 11 is 5.81. The Balaban J connectivity index is 1.88. The van der Waals surface area contributed by atoms with E-state index >= 15 is 0 Å². The summed E-state index contributed by atoms with van der Waals surface area (Å²) in [5, 5.41) is 9.22. The van der Waals surface area contributed by atoms with Gasteiger partial charge in [0, 0.05) is 19.3 Å². The van der Waals surface area contributed by atoms with Gasteiger partial charge in [-0.3, -0.25) is 0 Å². The molecule has 5 nitrogen and oxygen atoms in total. The van der Waals surface area contributed by atoms with E-state index in [9.17, 15) is 4.79 Å². The summed E-state index contributed by atoms with van der Waals surface area (Å²) < 4.78 is 5.74. The molecule has 18 heavy (non-hydrogen) atoms. The lowest BCUT2D eigenvalue weighted by Crippen LogP contribution is -2.43. The second kappa shape index (κ2) is 4.40. The second-order valence-electron chi connectivity index (χ2n) is 4.69. The van der Waals surface area contributed by atoms with Gasteiger partial charge in [0.1, 0.15) is 5.82 Å². The zero-order chi connectivity index (χ0) is 12.7. The smallest absolute Gasteiger partial charge is 0.337 e. The molecule has 3 rings (SSSR count). The van der Waals surface area contributed by atoms with Crippen LogP contribution in [0.2, 0.25) is 5.02 Å². The van der Waals surface area contributed by atoms with Crippen LogP contribution in [0.4, 0.5) is 5.82 Å². The van der Waals surface area contributed by atoms with Crippen molar-refractivity contribution in [3.63, 3.8) is 0 Å². The molecular weight excluding hydrogens is 256 g/mol. The molecular formula is C12H13ClN2O3. The summed E-state index contributed by atoms with van der Waals surface area (Å²) in [5.74, 6) is -0.364. The number of carbonyl (C=O) groups is 1. The van der Waals surface area contributed by atoms with Gasteiger partial charge >= 0.3 is 5.97 Å². The van der Waals surface area contributed by atoms with Crippen LogP contribution in [0, 0.1) is 0 Å². The van der Waals surface area contributed by atoms with Crippen molar-refractivity contribution in [3.05, 3.63) is 22.8 Å². The van der Waals surface area contributed by atoms with Crippen molar-refractivity contribution >= 4 is 23.4 Å². The summed E-state index contributed by atoms with van der Waals surface area (Å²) in [6.07, 6.45) is 4.03. The average Bonchev–Trinajstić information content (AvgIpc) is 2.68. The van der Waals surface area contributed by atoms with Gasteiger partial charge in [-0.25, -0.2) is 9.78 Å². The number of nitrogens with zero attached hydrogens (tertiary/aromatic N) is 2. The first kappa shape index (κ1) is 11.7. The molecule has 2 saturated heterocycles. The maximum atomic E-state index is 11.0. The molecule has 0 radical (unpaired) electrons. The first-order chi connectivity index (χ1) is 8.63. The molecule has 96 valence electrons. The van der Waals surface area contributed by atoms with Gasteiger partial charge in [0.05, 0.1) is 22.8 Å². The van der Waals surface area contributed by atoms with Gasteiger partial charge in [0.15, 0.2) is 0 Å². The van der Waals surface area contributed by atoms with Crippen LogP contribution in [0.3, 0.4) is 0 Å². The maximum Gasteiger partial charge on any atom is 0.337 e.